The minimum atomic E-state index is -3.51. The van der Waals surface area contributed by atoms with Gasteiger partial charge in [-0.1, -0.05) is 6.07 Å². The summed E-state index contributed by atoms with van der Waals surface area (Å²) in [6.07, 6.45) is 1.40. The van der Waals surface area contributed by atoms with Crippen LogP contribution in [0.25, 0.3) is 0 Å². The van der Waals surface area contributed by atoms with Crippen LogP contribution in [0.3, 0.4) is 0 Å². The lowest BCUT2D eigenvalue weighted by atomic mass is 10.3. The molecular formula is C11H16N2O3S2. The Morgan fingerprint density at radius 2 is 2.33 bits per heavy atom. The lowest BCUT2D eigenvalue weighted by molar-refractivity contribution is 0.281. The molecule has 0 bridgehead atoms. The van der Waals surface area contributed by atoms with E-state index in [0.717, 1.165) is 11.5 Å². The first-order valence-corrected chi connectivity index (χ1v) is 8.30. The Bertz CT molecular complexity index is 502. The van der Waals surface area contributed by atoms with Crippen LogP contribution in [-0.4, -0.2) is 46.9 Å². The first kappa shape index (κ1) is 13.8. The summed E-state index contributed by atoms with van der Waals surface area (Å²) in [4.78, 5) is 3.93. The highest BCUT2D eigenvalue weighted by molar-refractivity contribution is 7.99. The Morgan fingerprint density at radius 3 is 2.89 bits per heavy atom. The van der Waals surface area contributed by atoms with E-state index in [0.29, 0.717) is 12.1 Å². The molecule has 0 aliphatic carbocycles. The van der Waals surface area contributed by atoms with Crippen molar-refractivity contribution in [3.05, 3.63) is 23.9 Å². The molecule has 0 spiro atoms. The van der Waals surface area contributed by atoms with Crippen LogP contribution in [0, 0.1) is 0 Å². The van der Waals surface area contributed by atoms with Crippen molar-refractivity contribution in [1.29, 1.82) is 0 Å². The van der Waals surface area contributed by atoms with Crippen molar-refractivity contribution >= 4 is 21.8 Å². The third-order valence-corrected chi connectivity index (χ3v) is 5.98. The molecule has 1 N–H and O–H groups in total. The largest absolute Gasteiger partial charge is 0.392 e. The van der Waals surface area contributed by atoms with Crippen molar-refractivity contribution in [2.45, 2.75) is 24.6 Å². The van der Waals surface area contributed by atoms with Crippen molar-refractivity contribution in [3.8, 4) is 0 Å². The minimum absolute atomic E-state index is 0.00642. The molecule has 0 saturated carbocycles. The van der Waals surface area contributed by atoms with Crippen molar-refractivity contribution in [3.63, 3.8) is 0 Å². The van der Waals surface area contributed by atoms with E-state index >= 15 is 0 Å². The number of aromatic nitrogens is 1. The zero-order chi connectivity index (χ0) is 13.2. The second-order valence-corrected chi connectivity index (χ2v) is 7.19. The molecule has 5 nitrogen and oxygen atoms in total. The standard InChI is InChI=1S/C11H16N2O3S2/c1-9-8-17-5-4-13(9)18(15,16)11-3-2-10(7-14)6-12-11/h2-3,6,9,14H,4-5,7-8H2,1H3. The molecule has 2 rings (SSSR count). The van der Waals surface area contributed by atoms with Crippen molar-refractivity contribution < 1.29 is 13.5 Å². The quantitative estimate of drug-likeness (QED) is 0.886. The number of hydrogen-bond donors (Lipinski definition) is 1. The number of aliphatic hydroxyl groups is 1. The van der Waals surface area contributed by atoms with Gasteiger partial charge < -0.3 is 5.11 Å². The summed E-state index contributed by atoms with van der Waals surface area (Å²) >= 11 is 1.76. The fourth-order valence-corrected chi connectivity index (χ4v) is 4.62. The number of pyridine rings is 1. The normalized spacial score (nSPS) is 22.0. The summed E-state index contributed by atoms with van der Waals surface area (Å²) in [5.41, 5.74) is 0.608. The van der Waals surface area contributed by atoms with Crippen LogP contribution in [0.1, 0.15) is 12.5 Å². The Hall–Kier alpha value is -0.630. The van der Waals surface area contributed by atoms with Crippen LogP contribution in [-0.2, 0) is 16.6 Å². The summed E-state index contributed by atoms with van der Waals surface area (Å²) in [5.74, 6) is 1.63. The molecule has 1 aromatic heterocycles. The summed E-state index contributed by atoms with van der Waals surface area (Å²) in [5, 5.41) is 8.97. The fraction of sp³-hybridized carbons (Fsp3) is 0.545. The highest BCUT2D eigenvalue weighted by atomic mass is 32.2. The Morgan fingerprint density at radius 1 is 1.56 bits per heavy atom. The molecule has 0 amide bonds. The number of nitrogens with zero attached hydrogens (tertiary/aromatic N) is 2. The van der Waals surface area contributed by atoms with E-state index in [2.05, 4.69) is 4.98 Å². The summed E-state index contributed by atoms with van der Waals surface area (Å²) < 4.78 is 26.3. The van der Waals surface area contributed by atoms with Gasteiger partial charge in [-0.3, -0.25) is 0 Å². The van der Waals surface area contributed by atoms with E-state index in [1.54, 1.807) is 17.8 Å². The zero-order valence-electron chi connectivity index (χ0n) is 10.1. The van der Waals surface area contributed by atoms with Crippen LogP contribution >= 0.6 is 11.8 Å². The van der Waals surface area contributed by atoms with Gasteiger partial charge in [0.15, 0.2) is 5.03 Å². The lowest BCUT2D eigenvalue weighted by Crippen LogP contribution is -2.44. The van der Waals surface area contributed by atoms with E-state index in [4.69, 9.17) is 5.11 Å². The molecule has 1 unspecified atom stereocenters. The third-order valence-electron chi connectivity index (χ3n) is 2.86. The maximum atomic E-state index is 12.4. The van der Waals surface area contributed by atoms with Gasteiger partial charge in [0.25, 0.3) is 10.0 Å². The second-order valence-electron chi connectivity index (χ2n) is 4.20. The topological polar surface area (TPSA) is 70.5 Å². The zero-order valence-corrected chi connectivity index (χ0v) is 11.7. The van der Waals surface area contributed by atoms with Crippen LogP contribution < -0.4 is 0 Å². The molecule has 1 aromatic rings. The summed E-state index contributed by atoms with van der Waals surface area (Å²) in [6.45, 7) is 2.30. The van der Waals surface area contributed by atoms with Crippen LogP contribution in [0.15, 0.2) is 23.4 Å². The van der Waals surface area contributed by atoms with Crippen LogP contribution in [0.2, 0.25) is 0 Å². The van der Waals surface area contributed by atoms with Gasteiger partial charge in [0, 0.05) is 30.3 Å². The molecule has 1 atom stereocenters. The van der Waals surface area contributed by atoms with Crippen molar-refractivity contribution in [2.75, 3.05) is 18.1 Å². The Kier molecular flexibility index (Phi) is 4.26. The molecule has 1 aliphatic heterocycles. The molecule has 1 aliphatic rings. The van der Waals surface area contributed by atoms with Crippen LogP contribution in [0.4, 0.5) is 0 Å². The Labute approximate surface area is 111 Å². The van der Waals surface area contributed by atoms with Gasteiger partial charge in [-0.05, 0) is 18.6 Å². The molecule has 18 heavy (non-hydrogen) atoms. The summed E-state index contributed by atoms with van der Waals surface area (Å²) in [6, 6.07) is 3.03. The first-order valence-electron chi connectivity index (χ1n) is 5.71. The third kappa shape index (κ3) is 2.69. The Balaban J connectivity index is 2.28. The van der Waals surface area contributed by atoms with Crippen molar-refractivity contribution in [1.82, 2.24) is 9.29 Å². The van der Waals surface area contributed by atoms with Gasteiger partial charge in [-0.25, -0.2) is 13.4 Å². The predicted octanol–water partition coefficient (Wildman–Crippen LogP) is 0.700. The molecule has 1 saturated heterocycles. The van der Waals surface area contributed by atoms with E-state index in [1.807, 2.05) is 6.92 Å². The molecular weight excluding hydrogens is 272 g/mol. The monoisotopic (exact) mass is 288 g/mol. The smallest absolute Gasteiger partial charge is 0.260 e. The summed E-state index contributed by atoms with van der Waals surface area (Å²) in [7, 11) is -3.51. The molecule has 0 aromatic carbocycles. The van der Waals surface area contributed by atoms with E-state index in [1.165, 1.54) is 16.6 Å². The molecule has 0 radical (unpaired) electrons. The van der Waals surface area contributed by atoms with Crippen molar-refractivity contribution in [2.24, 2.45) is 0 Å². The van der Waals surface area contributed by atoms with Gasteiger partial charge in [0.05, 0.1) is 6.61 Å². The molecule has 2 heterocycles. The number of sulfonamides is 1. The SMILES string of the molecule is CC1CSCCN1S(=O)(=O)c1ccc(CO)cn1. The fourth-order valence-electron chi connectivity index (χ4n) is 1.85. The lowest BCUT2D eigenvalue weighted by Gasteiger charge is -2.31. The minimum Gasteiger partial charge on any atom is -0.392 e. The predicted molar refractivity (Wildman–Crippen MR) is 70.8 cm³/mol. The maximum Gasteiger partial charge on any atom is 0.260 e. The van der Waals surface area contributed by atoms with E-state index < -0.39 is 10.0 Å². The average Bonchev–Trinajstić information content (AvgIpc) is 2.39. The highest BCUT2D eigenvalue weighted by Gasteiger charge is 2.31. The number of rotatable bonds is 3. The van der Waals surface area contributed by atoms with Gasteiger partial charge in [0.1, 0.15) is 0 Å². The van der Waals surface area contributed by atoms with Gasteiger partial charge >= 0.3 is 0 Å². The average molecular weight is 288 g/mol. The molecule has 1 fully saturated rings. The second kappa shape index (κ2) is 5.56. The number of aliphatic hydroxyl groups excluding tert-OH is 1. The highest BCUT2D eigenvalue weighted by Crippen LogP contribution is 2.23. The van der Waals surface area contributed by atoms with Gasteiger partial charge in [-0.2, -0.15) is 16.1 Å². The van der Waals surface area contributed by atoms with Gasteiger partial charge in [0.2, 0.25) is 0 Å². The van der Waals surface area contributed by atoms with Crippen LogP contribution in [0.5, 0.6) is 0 Å². The first-order chi connectivity index (χ1) is 8.55. The molecule has 100 valence electrons. The number of hydrogen-bond acceptors (Lipinski definition) is 5. The number of thioether (sulfide) groups is 1. The van der Waals surface area contributed by atoms with E-state index in [-0.39, 0.29) is 17.7 Å². The molecule has 7 heteroatoms. The van der Waals surface area contributed by atoms with Gasteiger partial charge in [-0.15, -0.1) is 0 Å². The maximum absolute atomic E-state index is 12.4. The van der Waals surface area contributed by atoms with E-state index in [9.17, 15) is 8.42 Å².